The predicted octanol–water partition coefficient (Wildman–Crippen LogP) is 1.94. The molecule has 6 nitrogen and oxygen atoms in total. The van der Waals surface area contributed by atoms with E-state index in [1.165, 1.54) is 24.4 Å². The third-order valence-electron chi connectivity index (χ3n) is 4.15. The van der Waals surface area contributed by atoms with Gasteiger partial charge in [0.15, 0.2) is 0 Å². The number of hydrogen-bond acceptors (Lipinski definition) is 4. The summed E-state index contributed by atoms with van der Waals surface area (Å²) < 4.78 is 13.9. The van der Waals surface area contributed by atoms with Crippen LogP contribution in [0.2, 0.25) is 5.02 Å². The Hall–Kier alpha value is -2.67. The van der Waals surface area contributed by atoms with Gasteiger partial charge in [0, 0.05) is 38.6 Å². The van der Waals surface area contributed by atoms with Crippen molar-refractivity contribution in [3.8, 4) is 0 Å². The van der Waals surface area contributed by atoms with E-state index in [9.17, 15) is 14.0 Å². The van der Waals surface area contributed by atoms with Crippen molar-refractivity contribution in [1.82, 2.24) is 9.88 Å². The van der Waals surface area contributed by atoms with Crippen LogP contribution in [0.25, 0.3) is 0 Å². The molecule has 0 aliphatic carbocycles. The van der Waals surface area contributed by atoms with Crippen molar-refractivity contribution in [2.24, 2.45) is 5.73 Å². The molecule has 0 bridgehead atoms. The van der Waals surface area contributed by atoms with Gasteiger partial charge in [0.1, 0.15) is 5.82 Å². The molecule has 1 aliphatic heterocycles. The fourth-order valence-electron chi connectivity index (χ4n) is 2.86. The van der Waals surface area contributed by atoms with Crippen molar-refractivity contribution in [2.75, 3.05) is 31.1 Å². The molecule has 8 heteroatoms. The highest BCUT2D eigenvalue weighted by Crippen LogP contribution is 2.24. The Morgan fingerprint density at radius 2 is 1.88 bits per heavy atom. The molecule has 0 atom stereocenters. The summed E-state index contributed by atoms with van der Waals surface area (Å²) in [7, 11) is 0. The van der Waals surface area contributed by atoms with Crippen molar-refractivity contribution in [2.45, 2.75) is 0 Å². The third kappa shape index (κ3) is 3.41. The highest BCUT2D eigenvalue weighted by Gasteiger charge is 2.27. The quantitative estimate of drug-likeness (QED) is 0.904. The molecule has 1 aliphatic rings. The molecular formula is C17H16ClFN4O2. The number of hydrogen-bond donors (Lipinski definition) is 1. The van der Waals surface area contributed by atoms with E-state index >= 15 is 0 Å². The zero-order chi connectivity index (χ0) is 18.0. The van der Waals surface area contributed by atoms with E-state index in [0.717, 1.165) is 0 Å². The molecule has 2 amide bonds. The second-order valence-electron chi connectivity index (χ2n) is 5.63. The minimum absolute atomic E-state index is 0.0950. The molecule has 0 spiro atoms. The first-order valence-corrected chi connectivity index (χ1v) is 8.09. The van der Waals surface area contributed by atoms with Crippen LogP contribution in [-0.4, -0.2) is 47.9 Å². The number of piperazine rings is 1. The molecule has 1 aromatic heterocycles. The van der Waals surface area contributed by atoms with Crippen molar-refractivity contribution in [3.05, 3.63) is 58.6 Å². The molecule has 25 heavy (non-hydrogen) atoms. The van der Waals surface area contributed by atoms with Crippen LogP contribution in [0.4, 0.5) is 10.1 Å². The number of nitrogens with zero attached hydrogens (tertiary/aromatic N) is 3. The number of halogens is 2. The highest BCUT2D eigenvalue weighted by atomic mass is 35.5. The van der Waals surface area contributed by atoms with Gasteiger partial charge in [-0.05, 0) is 18.2 Å². The van der Waals surface area contributed by atoms with E-state index < -0.39 is 17.6 Å². The van der Waals surface area contributed by atoms with E-state index in [2.05, 4.69) is 4.98 Å². The second kappa shape index (κ2) is 7.06. The van der Waals surface area contributed by atoms with Crippen molar-refractivity contribution in [1.29, 1.82) is 0 Å². The van der Waals surface area contributed by atoms with Crippen LogP contribution in [-0.2, 0) is 0 Å². The number of benzene rings is 1. The molecule has 2 N–H and O–H groups in total. The lowest BCUT2D eigenvalue weighted by molar-refractivity contribution is 0.0741. The molecule has 1 saturated heterocycles. The molecule has 0 unspecified atom stereocenters. The van der Waals surface area contributed by atoms with Gasteiger partial charge in [-0.2, -0.15) is 0 Å². The van der Waals surface area contributed by atoms with Crippen molar-refractivity contribution < 1.29 is 14.0 Å². The van der Waals surface area contributed by atoms with Gasteiger partial charge in [0.25, 0.3) is 11.8 Å². The van der Waals surface area contributed by atoms with Gasteiger partial charge < -0.3 is 15.5 Å². The first kappa shape index (κ1) is 17.2. The van der Waals surface area contributed by atoms with Gasteiger partial charge in [0.05, 0.1) is 21.8 Å². The highest BCUT2D eigenvalue weighted by molar-refractivity contribution is 6.33. The summed E-state index contributed by atoms with van der Waals surface area (Å²) in [6.07, 6.45) is 3.01. The number of rotatable bonds is 3. The summed E-state index contributed by atoms with van der Waals surface area (Å²) in [5, 5.41) is 0.0950. The van der Waals surface area contributed by atoms with E-state index in [1.807, 2.05) is 4.90 Å². The molecular weight excluding hydrogens is 347 g/mol. The smallest absolute Gasteiger partial charge is 0.258 e. The summed E-state index contributed by atoms with van der Waals surface area (Å²) >= 11 is 5.97. The first-order chi connectivity index (χ1) is 12.0. The van der Waals surface area contributed by atoms with Gasteiger partial charge in [-0.1, -0.05) is 17.7 Å². The zero-order valence-corrected chi connectivity index (χ0v) is 14.0. The van der Waals surface area contributed by atoms with Gasteiger partial charge in [-0.15, -0.1) is 0 Å². The predicted molar refractivity (Wildman–Crippen MR) is 92.3 cm³/mol. The maximum Gasteiger partial charge on any atom is 0.258 e. The van der Waals surface area contributed by atoms with Crippen LogP contribution < -0.4 is 10.6 Å². The van der Waals surface area contributed by atoms with E-state index in [1.54, 1.807) is 17.2 Å². The summed E-state index contributed by atoms with van der Waals surface area (Å²) in [6, 6.07) is 5.88. The second-order valence-corrected chi connectivity index (χ2v) is 6.04. The Bertz CT molecular complexity index is 802. The van der Waals surface area contributed by atoms with Gasteiger partial charge in [0.2, 0.25) is 0 Å². The molecule has 3 rings (SSSR count). The van der Waals surface area contributed by atoms with Crippen LogP contribution >= 0.6 is 11.6 Å². The Morgan fingerprint density at radius 3 is 2.52 bits per heavy atom. The molecule has 2 heterocycles. The Morgan fingerprint density at radius 1 is 1.16 bits per heavy atom. The van der Waals surface area contributed by atoms with Crippen molar-refractivity contribution in [3.63, 3.8) is 0 Å². The number of anilines is 1. The van der Waals surface area contributed by atoms with Crippen LogP contribution in [0.5, 0.6) is 0 Å². The first-order valence-electron chi connectivity index (χ1n) is 7.71. The summed E-state index contributed by atoms with van der Waals surface area (Å²) in [4.78, 5) is 31.5. The number of nitrogens with two attached hydrogens (primary N) is 1. The number of amides is 2. The van der Waals surface area contributed by atoms with Gasteiger partial charge in [-0.3, -0.25) is 14.6 Å². The third-order valence-corrected chi connectivity index (χ3v) is 4.46. The fourth-order valence-corrected chi connectivity index (χ4v) is 3.11. The Balaban J connectivity index is 1.74. The molecule has 2 aromatic rings. The lowest BCUT2D eigenvalue weighted by atomic mass is 10.1. The SMILES string of the molecule is NC(=O)c1cnccc1N1CCN(C(=O)c2c(F)cccc2Cl)CC1. The monoisotopic (exact) mass is 362 g/mol. The number of carbonyl (C=O) groups excluding carboxylic acids is 2. The number of primary amides is 1. The lowest BCUT2D eigenvalue weighted by Gasteiger charge is -2.36. The Labute approximate surface area is 149 Å². The molecule has 0 radical (unpaired) electrons. The Kier molecular flexibility index (Phi) is 4.85. The fraction of sp³-hybridized carbons (Fsp3) is 0.235. The van der Waals surface area contributed by atoms with Gasteiger partial charge >= 0.3 is 0 Å². The maximum atomic E-state index is 13.9. The number of aromatic nitrogens is 1. The topological polar surface area (TPSA) is 79.5 Å². The molecule has 0 saturated carbocycles. The van der Waals surface area contributed by atoms with E-state index in [4.69, 9.17) is 17.3 Å². The summed E-state index contributed by atoms with van der Waals surface area (Å²) in [5.41, 5.74) is 6.28. The summed E-state index contributed by atoms with van der Waals surface area (Å²) in [5.74, 6) is -1.63. The number of carbonyl (C=O) groups is 2. The van der Waals surface area contributed by atoms with Crippen LogP contribution in [0.15, 0.2) is 36.7 Å². The average Bonchev–Trinajstić information content (AvgIpc) is 2.61. The van der Waals surface area contributed by atoms with Gasteiger partial charge in [-0.25, -0.2) is 4.39 Å². The van der Waals surface area contributed by atoms with Crippen LogP contribution in [0, 0.1) is 5.82 Å². The standard InChI is InChI=1S/C17H16ClFN4O2/c18-12-2-1-3-13(19)15(12)17(25)23-8-6-22(7-9-23)14-4-5-21-10-11(14)16(20)24/h1-5,10H,6-9H2,(H2,20,24). The minimum atomic E-state index is -0.634. The van der Waals surface area contributed by atoms with Crippen molar-refractivity contribution >= 4 is 29.1 Å². The molecule has 1 aromatic carbocycles. The number of pyridine rings is 1. The minimum Gasteiger partial charge on any atom is -0.367 e. The normalized spacial score (nSPS) is 14.5. The van der Waals surface area contributed by atoms with Crippen LogP contribution in [0.1, 0.15) is 20.7 Å². The van der Waals surface area contributed by atoms with E-state index in [0.29, 0.717) is 37.4 Å². The van der Waals surface area contributed by atoms with Crippen LogP contribution in [0.3, 0.4) is 0 Å². The van der Waals surface area contributed by atoms with E-state index in [-0.39, 0.29) is 10.6 Å². The summed E-state index contributed by atoms with van der Waals surface area (Å²) in [6.45, 7) is 1.73. The molecule has 1 fully saturated rings. The molecule has 130 valence electrons. The lowest BCUT2D eigenvalue weighted by Crippen LogP contribution is -2.49. The zero-order valence-electron chi connectivity index (χ0n) is 13.3. The average molecular weight is 363 g/mol. The largest absolute Gasteiger partial charge is 0.367 e. The maximum absolute atomic E-state index is 13.9.